The summed E-state index contributed by atoms with van der Waals surface area (Å²) < 4.78 is 0. The molecule has 5 rings (SSSR count). The second kappa shape index (κ2) is 17.7. The van der Waals surface area contributed by atoms with E-state index in [1.54, 1.807) is 0 Å². The summed E-state index contributed by atoms with van der Waals surface area (Å²) in [5.41, 5.74) is 12.1. The molecule has 0 saturated carbocycles. The molecule has 0 aliphatic rings. The Bertz CT molecular complexity index is 1710. The Balaban J connectivity index is 0.00000325. The fourth-order valence-corrected chi connectivity index (χ4v) is 6.01. The van der Waals surface area contributed by atoms with E-state index in [0.29, 0.717) is 29.5 Å². The van der Waals surface area contributed by atoms with Gasteiger partial charge in [0.1, 0.15) is 5.71 Å². The Morgan fingerprint density at radius 3 is 1.24 bits per heavy atom. The summed E-state index contributed by atoms with van der Waals surface area (Å²) in [7, 11) is 0. The van der Waals surface area contributed by atoms with Gasteiger partial charge in [0.15, 0.2) is 5.82 Å². The molecule has 0 spiro atoms. The smallest absolute Gasteiger partial charge is 0.179 e. The van der Waals surface area contributed by atoms with Crippen molar-refractivity contribution < 1.29 is 17.1 Å². The number of aryl methyl sites for hydroxylation is 1. The van der Waals surface area contributed by atoms with Crippen LogP contribution in [0.2, 0.25) is 0 Å². The fraction of sp³-hybridized carbons (Fsp3) is 0.302. The summed E-state index contributed by atoms with van der Waals surface area (Å²) in [6.45, 7) is 19.9. The van der Waals surface area contributed by atoms with Crippen LogP contribution in [0.3, 0.4) is 0 Å². The van der Waals surface area contributed by atoms with Crippen molar-refractivity contribution in [1.82, 2.24) is 9.97 Å². The third-order valence-corrected chi connectivity index (χ3v) is 8.54. The van der Waals surface area contributed by atoms with Crippen molar-refractivity contribution in [3.05, 3.63) is 154 Å². The Hall–Kier alpha value is -3.89. The van der Waals surface area contributed by atoms with Crippen LogP contribution >= 0.6 is 12.4 Å². The average molecular weight is 713 g/mol. The van der Waals surface area contributed by atoms with Crippen molar-refractivity contribution in [2.75, 3.05) is 0 Å². The molecule has 0 atom stereocenters. The third-order valence-electron chi connectivity index (χ3n) is 8.54. The molecule has 0 bridgehead atoms. The second-order valence-electron chi connectivity index (χ2n) is 13.6. The Labute approximate surface area is 310 Å². The van der Waals surface area contributed by atoms with Gasteiger partial charge in [0, 0.05) is 33.9 Å². The zero-order valence-corrected chi connectivity index (χ0v) is 32.1. The van der Waals surface area contributed by atoms with Crippen LogP contribution in [0.5, 0.6) is 0 Å². The molecular formula is C43H49ClFeN4. The number of nitrogens with zero attached hydrogens (tertiary/aromatic N) is 4. The summed E-state index contributed by atoms with van der Waals surface area (Å²) in [4.78, 5) is 21.3. The van der Waals surface area contributed by atoms with Crippen LogP contribution < -0.4 is 0 Å². The van der Waals surface area contributed by atoms with Gasteiger partial charge < -0.3 is 0 Å². The van der Waals surface area contributed by atoms with Gasteiger partial charge in [-0.1, -0.05) is 152 Å². The van der Waals surface area contributed by atoms with Gasteiger partial charge in [0.25, 0.3) is 0 Å². The standard InChI is InChI=1S/C43H48N4.ClH.Fe/c1-27(2)34-22-16-23-35(28(3)4)41(34)46-39(32-18-12-10-13-19-32)38-26-31(9)44-43(45-38)40(33-20-14-11-15-21-33)47-42-36(29(5)6)24-17-25-37(42)30(7)8;;/h10-30H,1-9H3;1H;. The number of rotatable bonds is 10. The zero-order chi connectivity index (χ0) is 33.7. The molecule has 49 heavy (non-hydrogen) atoms. The Morgan fingerprint density at radius 2 is 0.857 bits per heavy atom. The zero-order valence-electron chi connectivity index (χ0n) is 30.2. The van der Waals surface area contributed by atoms with Gasteiger partial charge in [-0.05, 0) is 58.9 Å². The first-order valence-corrected chi connectivity index (χ1v) is 16.9. The van der Waals surface area contributed by atoms with Gasteiger partial charge in [-0.15, -0.1) is 12.4 Å². The largest absolute Gasteiger partial charge is 0.246 e. The fourth-order valence-electron chi connectivity index (χ4n) is 6.01. The minimum absolute atomic E-state index is 0. The van der Waals surface area contributed by atoms with Gasteiger partial charge in [-0.25, -0.2) is 20.0 Å². The first-order chi connectivity index (χ1) is 22.5. The normalized spacial score (nSPS) is 12.0. The minimum Gasteiger partial charge on any atom is -0.246 e. The van der Waals surface area contributed by atoms with E-state index in [-0.39, 0.29) is 29.5 Å². The summed E-state index contributed by atoms with van der Waals surface area (Å²) in [5, 5.41) is 0. The monoisotopic (exact) mass is 712 g/mol. The molecular weight excluding hydrogens is 664 g/mol. The van der Waals surface area contributed by atoms with E-state index in [4.69, 9.17) is 20.0 Å². The molecule has 1 aromatic heterocycles. The first-order valence-electron chi connectivity index (χ1n) is 16.9. The molecule has 6 heteroatoms. The molecule has 1 heterocycles. The number of aromatic nitrogens is 2. The molecule has 0 unspecified atom stereocenters. The maximum Gasteiger partial charge on any atom is 0.179 e. The van der Waals surface area contributed by atoms with E-state index in [9.17, 15) is 0 Å². The van der Waals surface area contributed by atoms with Crippen molar-refractivity contribution in [3.63, 3.8) is 0 Å². The quantitative estimate of drug-likeness (QED) is 0.107. The topological polar surface area (TPSA) is 50.5 Å². The average Bonchev–Trinajstić information content (AvgIpc) is 3.06. The summed E-state index contributed by atoms with van der Waals surface area (Å²) >= 11 is 0. The Morgan fingerprint density at radius 1 is 0.490 bits per heavy atom. The van der Waals surface area contributed by atoms with Crippen LogP contribution in [0, 0.1) is 6.92 Å². The van der Waals surface area contributed by atoms with Crippen molar-refractivity contribution >= 4 is 35.2 Å². The van der Waals surface area contributed by atoms with Crippen LogP contribution in [0.25, 0.3) is 0 Å². The number of benzene rings is 4. The number of hydrogen-bond donors (Lipinski definition) is 0. The maximum atomic E-state index is 5.50. The van der Waals surface area contributed by atoms with Gasteiger partial charge in [0.05, 0.1) is 22.8 Å². The minimum atomic E-state index is 0. The number of hydrogen-bond acceptors (Lipinski definition) is 4. The SMILES string of the molecule is Cc1cc(C(=Nc2c(C(C)C)cccc2C(C)C)c2ccccc2)nc(C(=Nc2c(C(C)C)cccc2C(C)C)c2ccccc2)n1.Cl.[Fe]. The summed E-state index contributed by atoms with van der Waals surface area (Å²) in [6, 6.07) is 35.8. The number of aliphatic imine (C=N–C) groups is 2. The van der Waals surface area contributed by atoms with Gasteiger partial charge >= 0.3 is 0 Å². The van der Waals surface area contributed by atoms with Crippen molar-refractivity contribution in [3.8, 4) is 0 Å². The van der Waals surface area contributed by atoms with E-state index in [2.05, 4.69) is 128 Å². The maximum absolute atomic E-state index is 5.50. The van der Waals surface area contributed by atoms with E-state index in [0.717, 1.165) is 45.3 Å². The van der Waals surface area contributed by atoms with Crippen molar-refractivity contribution in [2.45, 2.75) is 86.0 Å². The molecule has 256 valence electrons. The third kappa shape index (κ3) is 9.22. The van der Waals surface area contributed by atoms with Crippen molar-refractivity contribution in [1.29, 1.82) is 0 Å². The predicted octanol–water partition coefficient (Wildman–Crippen LogP) is 12.0. The van der Waals surface area contributed by atoms with Crippen LogP contribution in [-0.2, 0) is 17.1 Å². The first kappa shape index (κ1) is 39.5. The predicted molar refractivity (Wildman–Crippen MR) is 207 cm³/mol. The van der Waals surface area contributed by atoms with E-state index < -0.39 is 0 Å². The molecule has 0 saturated heterocycles. The van der Waals surface area contributed by atoms with Gasteiger partial charge in [0.2, 0.25) is 0 Å². The van der Waals surface area contributed by atoms with E-state index in [1.807, 2.05) is 37.3 Å². The molecule has 4 aromatic carbocycles. The molecule has 0 fully saturated rings. The molecule has 0 radical (unpaired) electrons. The van der Waals surface area contributed by atoms with Crippen LogP contribution in [0.15, 0.2) is 113 Å². The van der Waals surface area contributed by atoms with Crippen molar-refractivity contribution in [2.24, 2.45) is 9.98 Å². The molecule has 0 amide bonds. The molecule has 0 aliphatic carbocycles. The van der Waals surface area contributed by atoms with Gasteiger partial charge in [-0.2, -0.15) is 0 Å². The van der Waals surface area contributed by atoms with Crippen LogP contribution in [0.4, 0.5) is 11.4 Å². The number of para-hydroxylation sites is 2. The molecule has 4 nitrogen and oxygen atoms in total. The van der Waals surface area contributed by atoms with Gasteiger partial charge in [-0.3, -0.25) is 0 Å². The number of halogens is 1. The Kier molecular flexibility index (Phi) is 14.3. The summed E-state index contributed by atoms with van der Waals surface area (Å²) in [6.07, 6.45) is 0. The summed E-state index contributed by atoms with van der Waals surface area (Å²) in [5.74, 6) is 1.85. The molecule has 0 aliphatic heterocycles. The second-order valence-corrected chi connectivity index (χ2v) is 13.6. The van der Waals surface area contributed by atoms with E-state index in [1.165, 1.54) is 22.3 Å². The molecule has 5 aromatic rings. The van der Waals surface area contributed by atoms with Crippen LogP contribution in [0.1, 0.15) is 130 Å². The molecule has 0 N–H and O–H groups in total. The van der Waals surface area contributed by atoms with Crippen LogP contribution in [-0.4, -0.2) is 21.4 Å². The van der Waals surface area contributed by atoms with E-state index >= 15 is 0 Å².